The van der Waals surface area contributed by atoms with Gasteiger partial charge in [-0.05, 0) is 19.4 Å². The lowest BCUT2D eigenvalue weighted by atomic mass is 10.1. The van der Waals surface area contributed by atoms with E-state index < -0.39 is 5.97 Å². The number of hydrogen-bond acceptors (Lipinski definition) is 3. The molecular formula is C14H18N2O4. The van der Waals surface area contributed by atoms with Crippen LogP contribution in [0.25, 0.3) is 0 Å². The van der Waals surface area contributed by atoms with Crippen LogP contribution in [0.4, 0.5) is 4.79 Å². The van der Waals surface area contributed by atoms with Crippen molar-refractivity contribution in [1.29, 1.82) is 0 Å². The average molecular weight is 278 g/mol. The van der Waals surface area contributed by atoms with E-state index in [0.29, 0.717) is 13.0 Å². The van der Waals surface area contributed by atoms with Gasteiger partial charge < -0.3 is 20.5 Å². The molecule has 1 aliphatic rings. The molecule has 2 unspecified atom stereocenters. The predicted octanol–water partition coefficient (Wildman–Crippen LogP) is 1.67. The van der Waals surface area contributed by atoms with Crippen molar-refractivity contribution in [2.75, 3.05) is 6.61 Å². The molecule has 0 saturated heterocycles. The molecule has 2 rings (SSSR count). The van der Waals surface area contributed by atoms with E-state index in [-0.39, 0.29) is 24.5 Å². The van der Waals surface area contributed by atoms with Gasteiger partial charge in [-0.25, -0.2) is 4.79 Å². The van der Waals surface area contributed by atoms with Gasteiger partial charge in [0.25, 0.3) is 0 Å². The summed E-state index contributed by atoms with van der Waals surface area (Å²) in [5.41, 5.74) is 0.959. The molecule has 6 nitrogen and oxygen atoms in total. The number of amides is 2. The van der Waals surface area contributed by atoms with E-state index in [4.69, 9.17) is 9.84 Å². The number of urea groups is 1. The van der Waals surface area contributed by atoms with Crippen molar-refractivity contribution in [3.8, 4) is 5.75 Å². The van der Waals surface area contributed by atoms with Gasteiger partial charge in [0.2, 0.25) is 0 Å². The molecular weight excluding hydrogens is 260 g/mol. The Balaban J connectivity index is 1.82. The maximum Gasteiger partial charge on any atom is 0.315 e. The van der Waals surface area contributed by atoms with Crippen LogP contribution in [0.1, 0.15) is 31.4 Å². The zero-order valence-electron chi connectivity index (χ0n) is 11.3. The Labute approximate surface area is 117 Å². The van der Waals surface area contributed by atoms with Gasteiger partial charge in [-0.1, -0.05) is 18.2 Å². The van der Waals surface area contributed by atoms with Crippen LogP contribution in [0.5, 0.6) is 5.75 Å². The fourth-order valence-corrected chi connectivity index (χ4v) is 2.12. The summed E-state index contributed by atoms with van der Waals surface area (Å²) in [5.74, 6) is -0.0751. The summed E-state index contributed by atoms with van der Waals surface area (Å²) in [6.45, 7) is 2.19. The molecule has 2 atom stereocenters. The van der Waals surface area contributed by atoms with E-state index in [1.165, 1.54) is 0 Å². The molecule has 0 radical (unpaired) electrons. The lowest BCUT2D eigenvalue weighted by molar-refractivity contribution is -0.137. The minimum absolute atomic E-state index is 0.0385. The first-order valence-corrected chi connectivity index (χ1v) is 6.57. The van der Waals surface area contributed by atoms with Crippen LogP contribution in [0.15, 0.2) is 24.3 Å². The maximum atomic E-state index is 11.8. The molecule has 0 spiro atoms. The van der Waals surface area contributed by atoms with Crippen molar-refractivity contribution in [3.63, 3.8) is 0 Å². The van der Waals surface area contributed by atoms with E-state index in [1.54, 1.807) is 6.92 Å². The third-order valence-electron chi connectivity index (χ3n) is 3.17. The van der Waals surface area contributed by atoms with Crippen molar-refractivity contribution in [2.24, 2.45) is 0 Å². The number of fused-ring (bicyclic) bond motifs is 1. The third kappa shape index (κ3) is 3.63. The van der Waals surface area contributed by atoms with Crippen LogP contribution in [0.3, 0.4) is 0 Å². The first-order chi connectivity index (χ1) is 9.56. The quantitative estimate of drug-likeness (QED) is 0.764. The summed E-state index contributed by atoms with van der Waals surface area (Å²) in [6.07, 6.45) is 0.442. The molecule has 0 aliphatic carbocycles. The smallest absolute Gasteiger partial charge is 0.315 e. The number of aliphatic carboxylic acids is 1. The summed E-state index contributed by atoms with van der Waals surface area (Å²) in [4.78, 5) is 22.3. The van der Waals surface area contributed by atoms with Crippen LogP contribution in [0, 0.1) is 0 Å². The fraction of sp³-hybridized carbons (Fsp3) is 0.429. The van der Waals surface area contributed by atoms with Gasteiger partial charge in [0, 0.05) is 18.0 Å². The minimum Gasteiger partial charge on any atom is -0.491 e. The maximum absolute atomic E-state index is 11.8. The highest BCUT2D eigenvalue weighted by Crippen LogP contribution is 2.31. The van der Waals surface area contributed by atoms with E-state index in [9.17, 15) is 9.59 Å². The number of rotatable bonds is 5. The zero-order chi connectivity index (χ0) is 14.5. The van der Waals surface area contributed by atoms with Gasteiger partial charge in [0.05, 0.1) is 6.04 Å². The highest BCUT2D eigenvalue weighted by Gasteiger charge is 2.25. The predicted molar refractivity (Wildman–Crippen MR) is 72.7 cm³/mol. The molecule has 0 aromatic heterocycles. The Morgan fingerprint density at radius 3 is 2.95 bits per heavy atom. The normalized spacial score (nSPS) is 17.8. The second-order valence-corrected chi connectivity index (χ2v) is 4.85. The van der Waals surface area contributed by atoms with Gasteiger partial charge in [0.15, 0.2) is 0 Å². The van der Waals surface area contributed by atoms with Crippen molar-refractivity contribution in [3.05, 3.63) is 29.8 Å². The SMILES string of the molecule is CC(CCC(=O)O)NC(=O)NC1COc2ccccc21. The van der Waals surface area contributed by atoms with E-state index in [1.807, 2.05) is 24.3 Å². The summed E-state index contributed by atoms with van der Waals surface area (Å²) in [6, 6.07) is 6.89. The standard InChI is InChI=1S/C14H18N2O4/c1-9(6-7-13(17)18)15-14(19)16-11-8-20-12-5-3-2-4-10(11)12/h2-5,9,11H,6-8H2,1H3,(H,17,18)(H2,15,16,19). The molecule has 1 heterocycles. The Kier molecular flexibility index (Phi) is 4.45. The van der Waals surface area contributed by atoms with Crippen LogP contribution in [-0.2, 0) is 4.79 Å². The van der Waals surface area contributed by atoms with Crippen LogP contribution < -0.4 is 15.4 Å². The molecule has 6 heteroatoms. The summed E-state index contributed by atoms with van der Waals surface area (Å²) >= 11 is 0. The summed E-state index contributed by atoms with van der Waals surface area (Å²) in [7, 11) is 0. The number of benzene rings is 1. The number of carboxylic acids is 1. The van der Waals surface area contributed by atoms with Crippen LogP contribution in [0.2, 0.25) is 0 Å². The van der Waals surface area contributed by atoms with Gasteiger partial charge in [-0.2, -0.15) is 0 Å². The van der Waals surface area contributed by atoms with Crippen LogP contribution in [-0.4, -0.2) is 29.8 Å². The Morgan fingerprint density at radius 2 is 2.20 bits per heavy atom. The molecule has 0 bridgehead atoms. The molecule has 1 aliphatic heterocycles. The number of para-hydroxylation sites is 1. The summed E-state index contributed by atoms with van der Waals surface area (Å²) < 4.78 is 5.48. The highest BCUT2D eigenvalue weighted by atomic mass is 16.5. The summed E-state index contributed by atoms with van der Waals surface area (Å²) in [5, 5.41) is 14.1. The van der Waals surface area contributed by atoms with Gasteiger partial charge in [-0.3, -0.25) is 4.79 Å². The first-order valence-electron chi connectivity index (χ1n) is 6.57. The number of nitrogens with one attached hydrogen (secondary N) is 2. The molecule has 3 N–H and O–H groups in total. The molecule has 1 aromatic rings. The number of hydrogen-bond donors (Lipinski definition) is 3. The molecule has 108 valence electrons. The molecule has 0 fully saturated rings. The lowest BCUT2D eigenvalue weighted by Crippen LogP contribution is -2.42. The minimum atomic E-state index is -0.864. The number of carboxylic acid groups (broad SMARTS) is 1. The Bertz CT molecular complexity index is 504. The number of carbonyl (C=O) groups excluding carboxylic acids is 1. The largest absolute Gasteiger partial charge is 0.491 e. The van der Waals surface area contributed by atoms with Crippen LogP contribution >= 0.6 is 0 Å². The second-order valence-electron chi connectivity index (χ2n) is 4.85. The second kappa shape index (κ2) is 6.27. The van der Waals surface area contributed by atoms with Gasteiger partial charge >= 0.3 is 12.0 Å². The molecule has 0 saturated carbocycles. The number of ether oxygens (including phenoxy) is 1. The third-order valence-corrected chi connectivity index (χ3v) is 3.17. The topological polar surface area (TPSA) is 87.7 Å². The van der Waals surface area contributed by atoms with Crippen molar-refractivity contribution in [2.45, 2.75) is 31.8 Å². The Morgan fingerprint density at radius 1 is 1.45 bits per heavy atom. The highest BCUT2D eigenvalue weighted by molar-refractivity contribution is 5.75. The average Bonchev–Trinajstić information content (AvgIpc) is 2.80. The Hall–Kier alpha value is -2.24. The zero-order valence-corrected chi connectivity index (χ0v) is 11.3. The van der Waals surface area contributed by atoms with Crippen molar-refractivity contribution in [1.82, 2.24) is 10.6 Å². The number of carbonyl (C=O) groups is 2. The first kappa shape index (κ1) is 14.2. The fourth-order valence-electron chi connectivity index (χ4n) is 2.12. The van der Waals surface area contributed by atoms with Gasteiger partial charge in [0.1, 0.15) is 12.4 Å². The molecule has 1 aromatic carbocycles. The molecule has 2 amide bonds. The molecule has 20 heavy (non-hydrogen) atoms. The monoisotopic (exact) mass is 278 g/mol. The lowest BCUT2D eigenvalue weighted by Gasteiger charge is -2.16. The van der Waals surface area contributed by atoms with E-state index >= 15 is 0 Å². The van der Waals surface area contributed by atoms with E-state index in [0.717, 1.165) is 11.3 Å². The van der Waals surface area contributed by atoms with Gasteiger partial charge in [-0.15, -0.1) is 0 Å². The van der Waals surface area contributed by atoms with E-state index in [2.05, 4.69) is 10.6 Å². The van der Waals surface area contributed by atoms with Crippen molar-refractivity contribution < 1.29 is 19.4 Å². The van der Waals surface area contributed by atoms with Crippen molar-refractivity contribution >= 4 is 12.0 Å².